The van der Waals surface area contributed by atoms with E-state index in [0.717, 1.165) is 32.6 Å². The molecule has 0 unspecified atom stereocenters. The topological polar surface area (TPSA) is 76.1 Å². The number of thiophene rings is 1. The third-order valence-corrected chi connectivity index (χ3v) is 6.55. The Morgan fingerprint density at radius 1 is 1.15 bits per heavy atom. The number of carbonyl (C=O) groups is 1. The molecule has 0 saturated carbocycles. The first-order valence-corrected chi connectivity index (χ1v) is 10.8. The summed E-state index contributed by atoms with van der Waals surface area (Å²) in [6.07, 6.45) is 1.17. The van der Waals surface area contributed by atoms with Crippen LogP contribution in [-0.4, -0.2) is 25.6 Å². The van der Waals surface area contributed by atoms with E-state index in [-0.39, 0.29) is 18.2 Å². The van der Waals surface area contributed by atoms with Gasteiger partial charge in [0.2, 0.25) is 0 Å². The van der Waals surface area contributed by atoms with Gasteiger partial charge >= 0.3 is 0 Å². The van der Waals surface area contributed by atoms with Crippen LogP contribution in [0.25, 0.3) is 10.2 Å². The van der Waals surface area contributed by atoms with Crippen LogP contribution in [0.1, 0.15) is 39.5 Å². The second-order valence-electron chi connectivity index (χ2n) is 6.42. The summed E-state index contributed by atoms with van der Waals surface area (Å²) in [6, 6.07) is 8.55. The van der Waals surface area contributed by atoms with Crippen LogP contribution in [0.15, 0.2) is 35.2 Å². The number of aryl methyl sites for hydroxylation is 3. The molecular weight excluding hydrogens is 380 g/mol. The number of nitrogens with zero attached hydrogens (tertiary/aromatic N) is 1. The highest BCUT2D eigenvalue weighted by Gasteiger charge is 2.18. The summed E-state index contributed by atoms with van der Waals surface area (Å²) in [6.45, 7) is 6.25. The van der Waals surface area contributed by atoms with Gasteiger partial charge in [0, 0.05) is 23.9 Å². The second-order valence-corrected chi connectivity index (χ2v) is 9.43. The molecule has 0 saturated heterocycles. The maximum absolute atomic E-state index is 12.6. The Bertz CT molecular complexity index is 1100. The third-order valence-electron chi connectivity index (χ3n) is 4.24. The lowest BCUT2D eigenvalue weighted by Crippen LogP contribution is -2.22. The van der Waals surface area contributed by atoms with Gasteiger partial charge in [0.1, 0.15) is 4.83 Å². The van der Waals surface area contributed by atoms with Gasteiger partial charge in [-0.05, 0) is 55.7 Å². The van der Waals surface area contributed by atoms with E-state index in [1.165, 1.54) is 17.6 Å². The average Bonchev–Trinajstić information content (AvgIpc) is 2.89. The van der Waals surface area contributed by atoms with Crippen LogP contribution in [-0.2, 0) is 16.4 Å². The molecule has 5 nitrogen and oxygen atoms in total. The van der Waals surface area contributed by atoms with E-state index >= 15 is 0 Å². The molecule has 3 aromatic rings. The smallest absolute Gasteiger partial charge is 0.261 e. The van der Waals surface area contributed by atoms with Crippen molar-refractivity contribution in [3.63, 3.8) is 0 Å². The van der Waals surface area contributed by atoms with E-state index in [0.29, 0.717) is 11.4 Å². The van der Waals surface area contributed by atoms with Crippen molar-refractivity contribution in [3.8, 4) is 0 Å². The lowest BCUT2D eigenvalue weighted by Gasteiger charge is -2.06. The number of fused-ring (bicyclic) bond motifs is 1. The molecular formula is C20H24N2O3S2. The zero-order chi connectivity index (χ0) is 19.1. The first-order valence-electron chi connectivity index (χ1n) is 8.11. The molecule has 1 N–H and O–H groups in total. The number of hydrogen-bond donors (Lipinski definition) is 1. The Hall–Kier alpha value is -2.25. The predicted molar refractivity (Wildman–Crippen MR) is 111 cm³/mol. The monoisotopic (exact) mass is 404 g/mol. The number of aromatic nitrogens is 1. The molecule has 0 bridgehead atoms. The Morgan fingerprint density at radius 3 is 2.37 bits per heavy atom. The maximum atomic E-state index is 12.6. The minimum Gasteiger partial charge on any atom is -0.347 e. The molecule has 0 spiro atoms. The van der Waals surface area contributed by atoms with Gasteiger partial charge in [-0.15, -0.1) is 11.3 Å². The minimum absolute atomic E-state index is 0. The second kappa shape index (κ2) is 7.78. The van der Waals surface area contributed by atoms with E-state index in [1.54, 1.807) is 24.3 Å². The van der Waals surface area contributed by atoms with Crippen molar-refractivity contribution in [3.05, 3.63) is 57.6 Å². The fourth-order valence-corrected chi connectivity index (χ4v) is 4.80. The van der Waals surface area contributed by atoms with Crippen LogP contribution < -0.4 is 5.32 Å². The summed E-state index contributed by atoms with van der Waals surface area (Å²) in [5.41, 5.74) is 3.85. The van der Waals surface area contributed by atoms with Crippen molar-refractivity contribution in [2.24, 2.45) is 0 Å². The Morgan fingerprint density at radius 2 is 1.78 bits per heavy atom. The van der Waals surface area contributed by atoms with E-state index < -0.39 is 9.84 Å². The number of amides is 1. The normalized spacial score (nSPS) is 11.3. The van der Waals surface area contributed by atoms with Crippen LogP contribution in [0.4, 0.5) is 0 Å². The van der Waals surface area contributed by atoms with Crippen molar-refractivity contribution in [2.75, 3.05) is 6.26 Å². The highest BCUT2D eigenvalue weighted by molar-refractivity contribution is 7.90. The highest BCUT2D eigenvalue weighted by atomic mass is 32.2. The quantitative estimate of drug-likeness (QED) is 0.707. The van der Waals surface area contributed by atoms with Crippen LogP contribution >= 0.6 is 11.3 Å². The molecule has 0 radical (unpaired) electrons. The van der Waals surface area contributed by atoms with E-state index in [2.05, 4.69) is 10.3 Å². The van der Waals surface area contributed by atoms with Crippen LogP contribution in [0.5, 0.6) is 0 Å². The van der Waals surface area contributed by atoms with Gasteiger partial charge < -0.3 is 5.32 Å². The average molecular weight is 405 g/mol. The number of pyridine rings is 1. The van der Waals surface area contributed by atoms with Crippen molar-refractivity contribution in [1.29, 1.82) is 0 Å². The number of hydrogen-bond acceptors (Lipinski definition) is 5. The van der Waals surface area contributed by atoms with Crippen molar-refractivity contribution in [1.82, 2.24) is 10.3 Å². The number of sulfone groups is 1. The molecule has 0 aliphatic heterocycles. The van der Waals surface area contributed by atoms with Gasteiger partial charge in [0.05, 0.1) is 9.77 Å². The molecule has 2 aromatic heterocycles. The summed E-state index contributed by atoms with van der Waals surface area (Å²) < 4.78 is 23.0. The third kappa shape index (κ3) is 4.36. The molecule has 0 aliphatic carbocycles. The summed E-state index contributed by atoms with van der Waals surface area (Å²) in [4.78, 5) is 18.9. The first-order chi connectivity index (χ1) is 12.2. The van der Waals surface area contributed by atoms with E-state index in [9.17, 15) is 13.2 Å². The standard InChI is InChI=1S/C19H20N2O3S2.CH4/c1-11-9-12(2)21-19-16(11)13(3)17(25-19)18(22)20-10-14-5-7-15(8-6-14)26(4,23)24;/h5-9H,10H2,1-4H3,(H,20,22);1H4. The van der Waals surface area contributed by atoms with E-state index in [1.807, 2.05) is 26.8 Å². The van der Waals surface area contributed by atoms with Crippen LogP contribution in [0.2, 0.25) is 0 Å². The molecule has 2 heterocycles. The molecule has 3 rings (SSSR count). The molecule has 27 heavy (non-hydrogen) atoms. The molecule has 0 fully saturated rings. The van der Waals surface area contributed by atoms with Crippen molar-refractivity contribution in [2.45, 2.75) is 39.6 Å². The minimum atomic E-state index is -3.21. The first kappa shape index (κ1) is 21.1. The maximum Gasteiger partial charge on any atom is 0.261 e. The lowest BCUT2D eigenvalue weighted by molar-refractivity contribution is 0.0954. The molecule has 1 aromatic carbocycles. The van der Waals surface area contributed by atoms with Crippen molar-refractivity contribution < 1.29 is 13.2 Å². The Labute approximate surface area is 164 Å². The fourth-order valence-electron chi connectivity index (χ4n) is 2.95. The zero-order valence-corrected chi connectivity index (χ0v) is 16.7. The molecule has 7 heteroatoms. The molecule has 1 amide bonds. The Kier molecular flexibility index (Phi) is 6.07. The predicted octanol–water partition coefficient (Wildman–Crippen LogP) is 4.19. The highest BCUT2D eigenvalue weighted by Crippen LogP contribution is 2.32. The summed E-state index contributed by atoms with van der Waals surface area (Å²) in [5.74, 6) is -0.144. The summed E-state index contributed by atoms with van der Waals surface area (Å²) in [5, 5.41) is 3.95. The van der Waals surface area contributed by atoms with E-state index in [4.69, 9.17) is 0 Å². The SMILES string of the molecule is C.Cc1cc(C)c2c(C)c(C(=O)NCc3ccc(S(C)(=O)=O)cc3)sc2n1. The zero-order valence-electron chi connectivity index (χ0n) is 15.1. The van der Waals surface area contributed by atoms with Gasteiger partial charge in [-0.1, -0.05) is 19.6 Å². The van der Waals surface area contributed by atoms with Gasteiger partial charge in [-0.25, -0.2) is 13.4 Å². The fraction of sp³-hybridized carbons (Fsp3) is 0.300. The van der Waals surface area contributed by atoms with Gasteiger partial charge in [0.25, 0.3) is 5.91 Å². The molecule has 0 atom stereocenters. The van der Waals surface area contributed by atoms with Crippen LogP contribution in [0, 0.1) is 20.8 Å². The van der Waals surface area contributed by atoms with Gasteiger partial charge in [-0.3, -0.25) is 4.79 Å². The number of rotatable bonds is 4. The lowest BCUT2D eigenvalue weighted by atomic mass is 10.1. The Balaban J connectivity index is 0.00000261. The number of carbonyl (C=O) groups excluding carboxylic acids is 1. The summed E-state index contributed by atoms with van der Waals surface area (Å²) >= 11 is 1.40. The number of benzene rings is 1. The summed E-state index contributed by atoms with van der Waals surface area (Å²) in [7, 11) is -3.21. The van der Waals surface area contributed by atoms with Gasteiger partial charge in [-0.2, -0.15) is 0 Å². The molecule has 0 aliphatic rings. The van der Waals surface area contributed by atoms with Crippen LogP contribution in [0.3, 0.4) is 0 Å². The van der Waals surface area contributed by atoms with Crippen molar-refractivity contribution >= 4 is 37.3 Å². The largest absolute Gasteiger partial charge is 0.347 e. The van der Waals surface area contributed by atoms with Gasteiger partial charge in [0.15, 0.2) is 9.84 Å². The number of nitrogens with one attached hydrogen (secondary N) is 1. The molecule has 144 valence electrons.